The Kier molecular flexibility index (Phi) is 21.2. The molecule has 0 radical (unpaired) electrons. The zero-order chi connectivity index (χ0) is 50.2. The van der Waals surface area contributed by atoms with Gasteiger partial charge in [-0.25, -0.2) is 0 Å². The van der Waals surface area contributed by atoms with Crippen LogP contribution in [0.25, 0.3) is 72.2 Å². The summed E-state index contributed by atoms with van der Waals surface area (Å²) in [6, 6.07) is 4.01. The van der Waals surface area contributed by atoms with Gasteiger partial charge in [-0.15, -0.1) is 45.3 Å². The summed E-state index contributed by atoms with van der Waals surface area (Å²) < 4.78 is 5.04. The van der Waals surface area contributed by atoms with Crippen LogP contribution < -0.4 is 29.9 Å². The lowest BCUT2D eigenvalue weighted by molar-refractivity contribution is 0.359. The van der Waals surface area contributed by atoms with Gasteiger partial charge in [0, 0.05) is 23.9 Å². The van der Waals surface area contributed by atoms with E-state index in [0.29, 0.717) is 51.2 Å². The monoisotopic (exact) mass is 1020 g/mol. The summed E-state index contributed by atoms with van der Waals surface area (Å²) in [4.78, 5) is 68.3. The Morgan fingerprint density at radius 2 is 0.729 bits per heavy atom. The lowest BCUT2D eigenvalue weighted by Gasteiger charge is -2.20. The molecule has 6 aromatic rings. The fraction of sp³-hybridized carbons (Fsp3) is 0.607. The molecular weight excluding hydrogens is 949 g/mol. The van der Waals surface area contributed by atoms with Crippen LogP contribution >= 0.6 is 45.3 Å². The van der Waals surface area contributed by atoms with Gasteiger partial charge in [-0.05, 0) is 24.7 Å². The molecule has 2 atom stereocenters. The third kappa shape index (κ3) is 12.3. The predicted molar refractivity (Wildman–Crippen MR) is 298 cm³/mol. The first-order chi connectivity index (χ1) is 34.1. The second-order valence-electron chi connectivity index (χ2n) is 19.3. The van der Waals surface area contributed by atoms with Crippen LogP contribution in [0, 0.1) is 47.6 Å². The van der Waals surface area contributed by atoms with Crippen molar-refractivity contribution in [1.82, 2.24) is 9.13 Å². The average molecular weight is 1020 g/mol. The summed E-state index contributed by atoms with van der Waals surface area (Å²) >= 11 is 4.45. The Labute approximate surface area is 428 Å². The van der Waals surface area contributed by atoms with Crippen molar-refractivity contribution in [2.75, 3.05) is 0 Å². The largest absolute Gasteiger partial charge is 0.546 e. The highest BCUT2D eigenvalue weighted by Crippen LogP contribution is 2.44. The highest BCUT2D eigenvalue weighted by Gasteiger charge is 2.31. The Morgan fingerprint density at radius 1 is 0.443 bits per heavy atom. The normalized spacial score (nSPS) is 12.5. The SMILES string of the molecule is [C-]#[N+]C([N+]#[C-])=c1sc2c(s1)c1c(=O)n(CCC(CCCCCC)CCCCCCCC)c(=O)c3c4sc(=C(C#N)C#N)sc4c4c(=O)n(CCC(CCCCCC)CCCCCCCC)c(=O)c2c4c31. The molecule has 0 amide bonds. The predicted octanol–water partition coefficient (Wildman–Crippen LogP) is 14.7. The van der Waals surface area contributed by atoms with Crippen LogP contribution in [0.3, 0.4) is 0 Å². The molecular formula is C56H70N6O4S4. The lowest BCUT2D eigenvalue weighted by atomic mass is 9.91. The molecule has 0 fully saturated rings. The van der Waals surface area contributed by atoms with Crippen LogP contribution in [0.15, 0.2) is 19.2 Å². The number of hydrogen-bond donors (Lipinski definition) is 0. The van der Waals surface area contributed by atoms with E-state index in [1.54, 1.807) is 0 Å². The van der Waals surface area contributed by atoms with Crippen molar-refractivity contribution >= 4 is 108 Å². The quantitative estimate of drug-likeness (QED) is 0.0250. The summed E-state index contributed by atoms with van der Waals surface area (Å²) in [5.74, 6) is 0.451. The van der Waals surface area contributed by atoms with Crippen molar-refractivity contribution in [2.24, 2.45) is 11.8 Å². The average Bonchev–Trinajstić information content (AvgIpc) is 4.00. The van der Waals surface area contributed by atoms with Gasteiger partial charge in [-0.2, -0.15) is 20.2 Å². The summed E-state index contributed by atoms with van der Waals surface area (Å²) in [5.41, 5.74) is -2.20. The van der Waals surface area contributed by atoms with Gasteiger partial charge in [0.25, 0.3) is 22.2 Å². The van der Waals surface area contributed by atoms with E-state index in [4.69, 9.17) is 13.1 Å². The highest BCUT2D eigenvalue weighted by molar-refractivity contribution is 7.38. The van der Waals surface area contributed by atoms with E-state index < -0.39 is 22.2 Å². The molecule has 0 saturated carbocycles. The molecule has 0 spiro atoms. The number of benzene rings is 2. The van der Waals surface area contributed by atoms with Gasteiger partial charge in [0.1, 0.15) is 29.1 Å². The molecule has 14 heteroatoms. The van der Waals surface area contributed by atoms with Crippen LogP contribution in [0.2, 0.25) is 0 Å². The van der Waals surface area contributed by atoms with Gasteiger partial charge in [-0.1, -0.05) is 182 Å². The third-order valence-corrected chi connectivity index (χ3v) is 19.6. The molecule has 4 aromatic heterocycles. The molecule has 6 rings (SSSR count). The standard InChI is InChI=1S/C56H70N6O4S4/c1-7-11-15-19-21-25-29-37(27-23-17-13-9-3)31-33-61-51(63)42-40-41-43(47-46(42)67-55(68-47)39(35-57)36-58)52(64)62(34-32-38(28-24-18-14-10-4)30-26-22-20-16-12-8-2)54(66)45(41)49-48(44(40)53(61)65)69-56(70-49)50(59-5)60-6/h37-38H,7-34H2,1-4H3. The first-order valence-corrected chi connectivity index (χ1v) is 29.6. The van der Waals surface area contributed by atoms with E-state index in [1.165, 1.54) is 60.5 Å². The number of nitrogens with zero attached hydrogens (tertiary/aromatic N) is 6. The van der Waals surface area contributed by atoms with Crippen LogP contribution in [-0.4, -0.2) is 9.13 Å². The van der Waals surface area contributed by atoms with Gasteiger partial charge >= 0.3 is 5.82 Å². The smallest absolute Gasteiger partial charge is 0.274 e. The van der Waals surface area contributed by atoms with Gasteiger partial charge in [-0.3, -0.25) is 28.3 Å². The van der Waals surface area contributed by atoms with E-state index in [-0.39, 0.29) is 56.8 Å². The molecule has 10 nitrogen and oxygen atoms in total. The molecule has 70 heavy (non-hydrogen) atoms. The lowest BCUT2D eigenvalue weighted by Crippen LogP contribution is -2.36. The minimum atomic E-state index is -0.516. The Balaban J connectivity index is 1.61. The summed E-state index contributed by atoms with van der Waals surface area (Å²) in [6.45, 7) is 25.0. The van der Waals surface area contributed by atoms with Gasteiger partial charge < -0.3 is 0 Å². The minimum absolute atomic E-state index is 0.141. The molecule has 0 bridgehead atoms. The van der Waals surface area contributed by atoms with Crippen molar-refractivity contribution in [3.8, 4) is 12.1 Å². The molecule has 0 aliphatic rings. The van der Waals surface area contributed by atoms with Gasteiger partial charge in [0.05, 0.1) is 40.3 Å². The van der Waals surface area contributed by atoms with Crippen molar-refractivity contribution in [3.63, 3.8) is 0 Å². The van der Waals surface area contributed by atoms with Gasteiger partial charge in [0.2, 0.25) is 0 Å². The summed E-state index contributed by atoms with van der Waals surface area (Å²) in [6.07, 6.45) is 28.5. The van der Waals surface area contributed by atoms with Crippen molar-refractivity contribution in [1.29, 1.82) is 10.5 Å². The first kappa shape index (κ1) is 54.6. The zero-order valence-electron chi connectivity index (χ0n) is 41.9. The van der Waals surface area contributed by atoms with Crippen molar-refractivity contribution < 1.29 is 0 Å². The Hall–Kier alpha value is -4.70. The molecule has 2 unspecified atom stereocenters. The van der Waals surface area contributed by atoms with Crippen LogP contribution in [0.4, 0.5) is 0 Å². The minimum Gasteiger partial charge on any atom is -0.274 e. The topological polar surface area (TPSA) is 134 Å². The van der Waals surface area contributed by atoms with Crippen molar-refractivity contribution in [2.45, 2.75) is 208 Å². The summed E-state index contributed by atoms with van der Waals surface area (Å²) in [5, 5.41) is 21.5. The number of hydrogen-bond acceptors (Lipinski definition) is 10. The number of unbranched alkanes of at least 4 members (excludes halogenated alkanes) is 16. The molecule has 372 valence electrons. The van der Waals surface area contributed by atoms with Crippen LogP contribution in [0.1, 0.15) is 195 Å². The maximum atomic E-state index is 15.3. The fourth-order valence-corrected chi connectivity index (χ4v) is 15.7. The second kappa shape index (κ2) is 27.2. The van der Waals surface area contributed by atoms with E-state index in [2.05, 4.69) is 37.4 Å². The van der Waals surface area contributed by atoms with E-state index in [1.807, 2.05) is 12.1 Å². The number of rotatable bonds is 30. The van der Waals surface area contributed by atoms with Crippen LogP contribution in [-0.2, 0) is 13.1 Å². The number of aromatic nitrogens is 2. The van der Waals surface area contributed by atoms with E-state index >= 15 is 19.2 Å². The number of nitriles is 2. The highest BCUT2D eigenvalue weighted by atomic mass is 32.2. The van der Waals surface area contributed by atoms with Crippen molar-refractivity contribution in [3.05, 3.63) is 71.9 Å². The van der Waals surface area contributed by atoms with Crippen LogP contribution in [0.5, 0.6) is 0 Å². The molecule has 2 aromatic carbocycles. The van der Waals surface area contributed by atoms with E-state index in [9.17, 15) is 10.5 Å². The zero-order valence-corrected chi connectivity index (χ0v) is 45.2. The molecule has 0 saturated heterocycles. The maximum absolute atomic E-state index is 15.3. The molecule has 0 aliphatic heterocycles. The molecule has 0 N–H and O–H groups in total. The number of fused-ring (bicyclic) bond motifs is 6. The Morgan fingerprint density at radius 3 is 1.03 bits per heavy atom. The first-order valence-electron chi connectivity index (χ1n) is 26.3. The fourth-order valence-electron chi connectivity index (χ4n) is 10.5. The third-order valence-electron chi connectivity index (χ3n) is 14.4. The van der Waals surface area contributed by atoms with Gasteiger partial charge in [0.15, 0.2) is 9.42 Å². The molecule has 4 heterocycles. The molecule has 0 aliphatic carbocycles. The summed E-state index contributed by atoms with van der Waals surface area (Å²) in [7, 11) is 0. The second-order valence-corrected chi connectivity index (χ2v) is 23.9. The maximum Gasteiger partial charge on any atom is 0.546 e. The number of pyridine rings is 2. The Bertz CT molecular complexity index is 2920. The van der Waals surface area contributed by atoms with E-state index in [0.717, 1.165) is 148 Å².